The molecule has 0 amide bonds. The summed E-state index contributed by atoms with van der Waals surface area (Å²) in [6.07, 6.45) is 3.70. The summed E-state index contributed by atoms with van der Waals surface area (Å²) in [5.74, 6) is 0. The van der Waals surface area contributed by atoms with Crippen molar-refractivity contribution in [1.29, 1.82) is 0 Å². The topological polar surface area (TPSA) is 45.1 Å². The Morgan fingerprint density at radius 1 is 1.41 bits per heavy atom. The van der Waals surface area contributed by atoms with Crippen LogP contribution in [0.1, 0.15) is 19.8 Å². The SMILES string of the molecule is C[C@]1(O)CC[C@@H]1Nc1ccc2ncccc2c1. The summed E-state index contributed by atoms with van der Waals surface area (Å²) in [5.41, 5.74) is 1.48. The zero-order valence-electron chi connectivity index (χ0n) is 9.85. The molecule has 0 spiro atoms. The molecule has 1 aliphatic rings. The van der Waals surface area contributed by atoms with Crippen LogP contribution in [0.4, 0.5) is 5.69 Å². The molecule has 88 valence electrons. The van der Waals surface area contributed by atoms with Crippen LogP contribution < -0.4 is 5.32 Å². The van der Waals surface area contributed by atoms with E-state index in [0.717, 1.165) is 29.4 Å². The third-order valence-electron chi connectivity index (χ3n) is 3.63. The van der Waals surface area contributed by atoms with Gasteiger partial charge in [0.05, 0.1) is 17.2 Å². The Morgan fingerprint density at radius 3 is 3.00 bits per heavy atom. The number of aliphatic hydroxyl groups is 1. The lowest BCUT2D eigenvalue weighted by molar-refractivity contribution is -0.0286. The number of pyridine rings is 1. The Labute approximate surface area is 100 Å². The van der Waals surface area contributed by atoms with Crippen LogP contribution in [-0.4, -0.2) is 21.7 Å². The van der Waals surface area contributed by atoms with Crippen molar-refractivity contribution in [3.8, 4) is 0 Å². The highest BCUT2D eigenvalue weighted by molar-refractivity contribution is 5.82. The van der Waals surface area contributed by atoms with Crippen molar-refractivity contribution in [2.24, 2.45) is 0 Å². The second-order valence-electron chi connectivity index (χ2n) is 5.00. The molecule has 2 atom stereocenters. The van der Waals surface area contributed by atoms with Gasteiger partial charge in [0, 0.05) is 17.3 Å². The molecular weight excluding hydrogens is 212 g/mol. The van der Waals surface area contributed by atoms with E-state index in [2.05, 4.69) is 16.4 Å². The van der Waals surface area contributed by atoms with Crippen molar-refractivity contribution in [2.45, 2.75) is 31.4 Å². The first-order valence-corrected chi connectivity index (χ1v) is 5.99. The number of aromatic nitrogens is 1. The van der Waals surface area contributed by atoms with Crippen molar-refractivity contribution >= 4 is 16.6 Å². The van der Waals surface area contributed by atoms with Crippen LogP contribution in [0.25, 0.3) is 10.9 Å². The Morgan fingerprint density at radius 2 is 2.29 bits per heavy atom. The standard InChI is InChI=1S/C14H16N2O/c1-14(17)7-6-13(14)16-11-4-5-12-10(9-11)3-2-8-15-12/h2-5,8-9,13,16-17H,6-7H2,1H3/t13-,14-/m0/s1. The van der Waals surface area contributed by atoms with Crippen LogP contribution in [-0.2, 0) is 0 Å². The van der Waals surface area contributed by atoms with Gasteiger partial charge in [-0.3, -0.25) is 4.98 Å². The Hall–Kier alpha value is -1.61. The quantitative estimate of drug-likeness (QED) is 0.830. The molecule has 2 aromatic rings. The van der Waals surface area contributed by atoms with E-state index in [1.54, 1.807) is 6.20 Å². The lowest BCUT2D eigenvalue weighted by Gasteiger charge is -2.43. The van der Waals surface area contributed by atoms with E-state index in [0.29, 0.717) is 0 Å². The number of nitrogens with one attached hydrogen (secondary N) is 1. The Bertz CT molecular complexity index is 551. The van der Waals surface area contributed by atoms with Gasteiger partial charge in [-0.25, -0.2) is 0 Å². The monoisotopic (exact) mass is 228 g/mol. The molecular formula is C14H16N2O. The Kier molecular flexibility index (Phi) is 2.30. The van der Waals surface area contributed by atoms with Crippen LogP contribution >= 0.6 is 0 Å². The van der Waals surface area contributed by atoms with E-state index < -0.39 is 5.60 Å². The zero-order chi connectivity index (χ0) is 11.9. The molecule has 3 nitrogen and oxygen atoms in total. The fourth-order valence-corrected chi connectivity index (χ4v) is 2.30. The van der Waals surface area contributed by atoms with Gasteiger partial charge in [-0.2, -0.15) is 0 Å². The van der Waals surface area contributed by atoms with Crippen LogP contribution in [0.5, 0.6) is 0 Å². The van der Waals surface area contributed by atoms with E-state index >= 15 is 0 Å². The summed E-state index contributed by atoms with van der Waals surface area (Å²) >= 11 is 0. The molecule has 0 saturated heterocycles. The van der Waals surface area contributed by atoms with Crippen LogP contribution in [0.3, 0.4) is 0 Å². The molecule has 1 fully saturated rings. The maximum atomic E-state index is 9.97. The first-order chi connectivity index (χ1) is 8.15. The van der Waals surface area contributed by atoms with Gasteiger partial charge in [-0.05, 0) is 44.0 Å². The van der Waals surface area contributed by atoms with Crippen molar-refractivity contribution < 1.29 is 5.11 Å². The fraction of sp³-hybridized carbons (Fsp3) is 0.357. The van der Waals surface area contributed by atoms with E-state index in [1.807, 2.05) is 31.2 Å². The van der Waals surface area contributed by atoms with E-state index in [1.165, 1.54) is 0 Å². The van der Waals surface area contributed by atoms with Gasteiger partial charge in [0.2, 0.25) is 0 Å². The summed E-state index contributed by atoms with van der Waals surface area (Å²) in [6, 6.07) is 10.3. The zero-order valence-corrected chi connectivity index (χ0v) is 9.85. The highest BCUT2D eigenvalue weighted by atomic mass is 16.3. The predicted molar refractivity (Wildman–Crippen MR) is 69.0 cm³/mol. The van der Waals surface area contributed by atoms with Gasteiger partial charge < -0.3 is 10.4 Å². The number of nitrogens with zero attached hydrogens (tertiary/aromatic N) is 1. The molecule has 1 saturated carbocycles. The number of fused-ring (bicyclic) bond motifs is 1. The third kappa shape index (κ3) is 1.87. The minimum atomic E-state index is -0.566. The molecule has 2 N–H and O–H groups in total. The van der Waals surface area contributed by atoms with Gasteiger partial charge in [0.1, 0.15) is 0 Å². The molecule has 3 heteroatoms. The summed E-state index contributed by atoms with van der Waals surface area (Å²) in [7, 11) is 0. The van der Waals surface area contributed by atoms with Crippen molar-refractivity contribution in [1.82, 2.24) is 4.98 Å². The average molecular weight is 228 g/mol. The number of rotatable bonds is 2. The van der Waals surface area contributed by atoms with E-state index in [9.17, 15) is 5.11 Å². The van der Waals surface area contributed by atoms with Crippen LogP contribution in [0.15, 0.2) is 36.5 Å². The third-order valence-corrected chi connectivity index (χ3v) is 3.63. The molecule has 0 unspecified atom stereocenters. The molecule has 0 bridgehead atoms. The first kappa shape index (κ1) is 10.5. The lowest BCUT2D eigenvalue weighted by atomic mass is 9.76. The first-order valence-electron chi connectivity index (χ1n) is 5.99. The van der Waals surface area contributed by atoms with Crippen molar-refractivity contribution in [2.75, 3.05) is 5.32 Å². The van der Waals surface area contributed by atoms with Crippen LogP contribution in [0, 0.1) is 0 Å². The molecule has 1 aromatic carbocycles. The molecule has 3 rings (SSSR count). The minimum Gasteiger partial charge on any atom is -0.388 e. The highest BCUT2D eigenvalue weighted by Crippen LogP contribution is 2.34. The van der Waals surface area contributed by atoms with E-state index in [-0.39, 0.29) is 6.04 Å². The Balaban J connectivity index is 1.86. The molecule has 17 heavy (non-hydrogen) atoms. The van der Waals surface area contributed by atoms with Gasteiger partial charge >= 0.3 is 0 Å². The van der Waals surface area contributed by atoms with Gasteiger partial charge in [0.25, 0.3) is 0 Å². The molecule has 1 aliphatic carbocycles. The highest BCUT2D eigenvalue weighted by Gasteiger charge is 2.40. The van der Waals surface area contributed by atoms with Crippen LogP contribution in [0.2, 0.25) is 0 Å². The van der Waals surface area contributed by atoms with Gasteiger partial charge in [-0.15, -0.1) is 0 Å². The van der Waals surface area contributed by atoms with Gasteiger partial charge in [-0.1, -0.05) is 6.07 Å². The largest absolute Gasteiger partial charge is 0.388 e. The normalized spacial score (nSPS) is 27.8. The lowest BCUT2D eigenvalue weighted by Crippen LogP contribution is -2.53. The number of hydrogen-bond acceptors (Lipinski definition) is 3. The van der Waals surface area contributed by atoms with Crippen molar-refractivity contribution in [3.63, 3.8) is 0 Å². The maximum absolute atomic E-state index is 9.97. The molecule has 0 radical (unpaired) electrons. The second kappa shape index (κ2) is 3.70. The number of hydrogen-bond donors (Lipinski definition) is 2. The number of benzene rings is 1. The van der Waals surface area contributed by atoms with Crippen molar-refractivity contribution in [3.05, 3.63) is 36.5 Å². The minimum absolute atomic E-state index is 0.164. The van der Waals surface area contributed by atoms with E-state index in [4.69, 9.17) is 0 Å². The fourth-order valence-electron chi connectivity index (χ4n) is 2.30. The summed E-state index contributed by atoms with van der Waals surface area (Å²) in [5, 5.41) is 14.5. The molecule has 1 heterocycles. The van der Waals surface area contributed by atoms with Gasteiger partial charge in [0.15, 0.2) is 0 Å². The summed E-state index contributed by atoms with van der Waals surface area (Å²) in [4.78, 5) is 4.29. The average Bonchev–Trinajstić information content (AvgIpc) is 2.34. The summed E-state index contributed by atoms with van der Waals surface area (Å²) < 4.78 is 0. The number of anilines is 1. The molecule has 0 aliphatic heterocycles. The second-order valence-corrected chi connectivity index (χ2v) is 5.00. The predicted octanol–water partition coefficient (Wildman–Crippen LogP) is 2.56. The molecule has 1 aromatic heterocycles. The summed E-state index contributed by atoms with van der Waals surface area (Å²) in [6.45, 7) is 1.89. The maximum Gasteiger partial charge on any atom is 0.0820 e. The smallest absolute Gasteiger partial charge is 0.0820 e.